The van der Waals surface area contributed by atoms with Gasteiger partial charge in [-0.05, 0) is 60.8 Å². The summed E-state index contributed by atoms with van der Waals surface area (Å²) in [6.07, 6.45) is 2.23. The maximum Gasteiger partial charge on any atom is 0.408 e. The van der Waals surface area contributed by atoms with Crippen molar-refractivity contribution in [1.29, 1.82) is 0 Å². The second-order valence-electron chi connectivity index (χ2n) is 9.83. The number of alkyl carbamates (subject to hydrolysis) is 1. The predicted molar refractivity (Wildman–Crippen MR) is 133 cm³/mol. The Morgan fingerprint density at radius 1 is 1.09 bits per heavy atom. The van der Waals surface area contributed by atoms with Gasteiger partial charge in [0, 0.05) is 25.4 Å². The summed E-state index contributed by atoms with van der Waals surface area (Å²) < 4.78 is 5.67. The number of fused-ring (bicyclic) bond motifs is 3. The SMILES string of the molecule is CCC(C)(NC(=O)OCC1c2ccccc2-c2ccccc21)C(=O)N1CCCC(CCC(=O)O)C1. The first-order valence-electron chi connectivity index (χ1n) is 12.5. The van der Waals surface area contributed by atoms with Crippen LogP contribution in [0.5, 0.6) is 0 Å². The fourth-order valence-electron chi connectivity index (χ4n) is 5.31. The summed E-state index contributed by atoms with van der Waals surface area (Å²) in [5.74, 6) is -0.842. The van der Waals surface area contributed by atoms with Crippen molar-refractivity contribution in [1.82, 2.24) is 10.2 Å². The molecule has 1 aliphatic heterocycles. The Morgan fingerprint density at radius 3 is 2.31 bits per heavy atom. The van der Waals surface area contributed by atoms with Crippen LogP contribution in [0.3, 0.4) is 0 Å². The van der Waals surface area contributed by atoms with Crippen molar-refractivity contribution in [3.8, 4) is 11.1 Å². The lowest BCUT2D eigenvalue weighted by Gasteiger charge is -2.39. The third-order valence-corrected chi connectivity index (χ3v) is 7.47. The van der Waals surface area contributed by atoms with Crippen molar-refractivity contribution >= 4 is 18.0 Å². The van der Waals surface area contributed by atoms with Crippen LogP contribution in [-0.4, -0.2) is 53.2 Å². The summed E-state index contributed by atoms with van der Waals surface area (Å²) in [5.41, 5.74) is 3.51. The molecule has 2 aliphatic rings. The number of amides is 2. The topological polar surface area (TPSA) is 95.9 Å². The molecule has 2 N–H and O–H groups in total. The molecule has 2 atom stereocenters. The summed E-state index contributed by atoms with van der Waals surface area (Å²) in [4.78, 5) is 39.0. The van der Waals surface area contributed by atoms with Crippen LogP contribution < -0.4 is 5.32 Å². The lowest BCUT2D eigenvalue weighted by atomic mass is 9.90. The smallest absolute Gasteiger partial charge is 0.408 e. The highest BCUT2D eigenvalue weighted by molar-refractivity contribution is 5.89. The van der Waals surface area contributed by atoms with Crippen LogP contribution in [0.1, 0.15) is 63.0 Å². The molecule has 4 rings (SSSR count). The number of hydrogen-bond donors (Lipinski definition) is 2. The molecular weight excluding hydrogens is 444 g/mol. The van der Waals surface area contributed by atoms with Gasteiger partial charge in [0.1, 0.15) is 12.1 Å². The molecule has 0 radical (unpaired) electrons. The normalized spacial score (nSPS) is 18.8. The molecule has 186 valence electrons. The monoisotopic (exact) mass is 478 g/mol. The summed E-state index contributed by atoms with van der Waals surface area (Å²) in [6, 6.07) is 16.3. The molecule has 2 unspecified atom stereocenters. The van der Waals surface area contributed by atoms with E-state index >= 15 is 0 Å². The van der Waals surface area contributed by atoms with Gasteiger partial charge in [-0.15, -0.1) is 0 Å². The largest absolute Gasteiger partial charge is 0.481 e. The minimum Gasteiger partial charge on any atom is -0.481 e. The van der Waals surface area contributed by atoms with Gasteiger partial charge in [0.2, 0.25) is 5.91 Å². The van der Waals surface area contributed by atoms with E-state index < -0.39 is 17.6 Å². The maximum atomic E-state index is 13.4. The number of carbonyl (C=O) groups is 3. The van der Waals surface area contributed by atoms with Crippen LogP contribution in [0.25, 0.3) is 11.1 Å². The van der Waals surface area contributed by atoms with Crippen LogP contribution in [0.15, 0.2) is 48.5 Å². The zero-order valence-corrected chi connectivity index (χ0v) is 20.5. The third-order valence-electron chi connectivity index (χ3n) is 7.47. The summed E-state index contributed by atoms with van der Waals surface area (Å²) >= 11 is 0. The van der Waals surface area contributed by atoms with Gasteiger partial charge in [0.25, 0.3) is 0 Å². The molecule has 7 nitrogen and oxygen atoms in total. The Bertz CT molecular complexity index is 1050. The van der Waals surface area contributed by atoms with Crippen molar-refractivity contribution in [3.63, 3.8) is 0 Å². The lowest BCUT2D eigenvalue weighted by molar-refractivity contribution is -0.140. The third kappa shape index (κ3) is 5.34. The average molecular weight is 479 g/mol. The number of hydrogen-bond acceptors (Lipinski definition) is 4. The van der Waals surface area contributed by atoms with Gasteiger partial charge in [0.05, 0.1) is 0 Å². The van der Waals surface area contributed by atoms with Crippen molar-refractivity contribution in [2.45, 2.75) is 57.4 Å². The molecule has 7 heteroatoms. The summed E-state index contributed by atoms with van der Waals surface area (Å²) in [6.45, 7) is 4.93. The number of nitrogens with zero attached hydrogens (tertiary/aromatic N) is 1. The van der Waals surface area contributed by atoms with E-state index in [4.69, 9.17) is 9.84 Å². The number of benzene rings is 2. The molecule has 1 saturated heterocycles. The highest BCUT2D eigenvalue weighted by Gasteiger charge is 2.39. The number of nitrogens with one attached hydrogen (secondary N) is 1. The second kappa shape index (κ2) is 10.5. The van der Waals surface area contributed by atoms with Gasteiger partial charge in [-0.25, -0.2) is 4.79 Å². The van der Waals surface area contributed by atoms with Crippen LogP contribution >= 0.6 is 0 Å². The number of carboxylic acid groups (broad SMARTS) is 1. The second-order valence-corrected chi connectivity index (χ2v) is 9.83. The zero-order valence-electron chi connectivity index (χ0n) is 20.5. The van der Waals surface area contributed by atoms with E-state index in [0.29, 0.717) is 25.9 Å². The number of rotatable bonds is 8. The van der Waals surface area contributed by atoms with E-state index in [1.807, 2.05) is 31.2 Å². The van der Waals surface area contributed by atoms with Gasteiger partial charge in [0.15, 0.2) is 0 Å². The van der Waals surface area contributed by atoms with E-state index in [-0.39, 0.29) is 30.8 Å². The summed E-state index contributed by atoms with van der Waals surface area (Å²) in [7, 11) is 0. The first-order valence-corrected chi connectivity index (χ1v) is 12.5. The zero-order chi connectivity index (χ0) is 25.0. The van der Waals surface area contributed by atoms with Crippen molar-refractivity contribution < 1.29 is 24.2 Å². The minimum absolute atomic E-state index is 0.0474. The van der Waals surface area contributed by atoms with Gasteiger partial charge >= 0.3 is 12.1 Å². The molecule has 1 fully saturated rings. The minimum atomic E-state index is -1.09. The molecule has 2 aromatic carbocycles. The molecule has 0 spiro atoms. The van der Waals surface area contributed by atoms with Gasteiger partial charge in [-0.3, -0.25) is 9.59 Å². The lowest BCUT2D eigenvalue weighted by Crippen LogP contribution is -2.59. The van der Waals surface area contributed by atoms with Crippen LogP contribution in [0, 0.1) is 5.92 Å². The van der Waals surface area contributed by atoms with Gasteiger partial charge in [-0.1, -0.05) is 55.5 Å². The summed E-state index contributed by atoms with van der Waals surface area (Å²) in [5, 5.41) is 11.8. The van der Waals surface area contributed by atoms with Crippen LogP contribution in [0.2, 0.25) is 0 Å². The number of aliphatic carboxylic acids is 1. The Labute approximate surface area is 206 Å². The molecule has 1 heterocycles. The van der Waals surface area contributed by atoms with E-state index in [9.17, 15) is 14.4 Å². The number of carbonyl (C=O) groups excluding carboxylic acids is 2. The highest BCUT2D eigenvalue weighted by Crippen LogP contribution is 2.44. The number of ether oxygens (including phenoxy) is 1. The van der Waals surface area contributed by atoms with Gasteiger partial charge < -0.3 is 20.1 Å². The quantitative estimate of drug-likeness (QED) is 0.568. The van der Waals surface area contributed by atoms with E-state index in [2.05, 4.69) is 29.6 Å². The van der Waals surface area contributed by atoms with E-state index in [0.717, 1.165) is 35.1 Å². The molecule has 0 aromatic heterocycles. The number of carboxylic acids is 1. The highest BCUT2D eigenvalue weighted by atomic mass is 16.5. The molecule has 1 aliphatic carbocycles. The average Bonchev–Trinajstić information content (AvgIpc) is 3.19. The van der Waals surface area contributed by atoms with Crippen LogP contribution in [0.4, 0.5) is 4.79 Å². The van der Waals surface area contributed by atoms with E-state index in [1.165, 1.54) is 0 Å². The Hall–Kier alpha value is -3.35. The Morgan fingerprint density at radius 2 is 1.71 bits per heavy atom. The van der Waals surface area contributed by atoms with Crippen molar-refractivity contribution in [2.24, 2.45) is 5.92 Å². The standard InChI is InChI=1S/C28H34N2O5/c1-3-28(2,26(33)30-16-8-9-19(17-30)14-15-25(31)32)29-27(34)35-18-24-22-12-6-4-10-20(22)21-11-5-7-13-23(21)24/h4-7,10-13,19,24H,3,8-9,14-18H2,1-2H3,(H,29,34)(H,31,32). The molecule has 0 bridgehead atoms. The molecule has 0 saturated carbocycles. The molecule has 2 aromatic rings. The molecular formula is C28H34N2O5. The Kier molecular flexibility index (Phi) is 7.43. The fraction of sp³-hybridized carbons (Fsp3) is 0.464. The fourth-order valence-corrected chi connectivity index (χ4v) is 5.31. The number of likely N-dealkylation sites (tertiary alicyclic amines) is 1. The van der Waals surface area contributed by atoms with Crippen molar-refractivity contribution in [2.75, 3.05) is 19.7 Å². The predicted octanol–water partition coefficient (Wildman–Crippen LogP) is 4.80. The molecule has 2 amide bonds. The Balaban J connectivity index is 1.38. The van der Waals surface area contributed by atoms with Crippen molar-refractivity contribution in [3.05, 3.63) is 59.7 Å². The first-order chi connectivity index (χ1) is 16.8. The van der Waals surface area contributed by atoms with Crippen LogP contribution in [-0.2, 0) is 14.3 Å². The first kappa shape index (κ1) is 24.8. The van der Waals surface area contributed by atoms with E-state index in [1.54, 1.807) is 11.8 Å². The van der Waals surface area contributed by atoms with Gasteiger partial charge in [-0.2, -0.15) is 0 Å². The number of piperidine rings is 1. The molecule has 35 heavy (non-hydrogen) atoms. The maximum absolute atomic E-state index is 13.4.